The minimum absolute atomic E-state index is 0.176. The molecule has 2 aliphatic carbocycles. The number of ketones is 1. The van der Waals surface area contributed by atoms with Crippen LogP contribution in [0.3, 0.4) is 0 Å². The summed E-state index contributed by atoms with van der Waals surface area (Å²) in [5.41, 5.74) is 5.40. The molecule has 0 heterocycles. The maximum Gasteiger partial charge on any atom is 0.140 e. The third-order valence-corrected chi connectivity index (χ3v) is 4.14. The third-order valence-electron chi connectivity index (χ3n) is 4.14. The summed E-state index contributed by atoms with van der Waals surface area (Å²) in [6.45, 7) is 2.16. The Kier molecular flexibility index (Phi) is 2.62. The average molecular weight is 226 g/mol. The van der Waals surface area contributed by atoms with Gasteiger partial charge in [-0.1, -0.05) is 30.7 Å². The summed E-state index contributed by atoms with van der Waals surface area (Å²) in [5.74, 6) is 0.619. The Bertz CT molecular complexity index is 496. The van der Waals surface area contributed by atoms with Crippen LogP contribution in [0.2, 0.25) is 0 Å². The highest BCUT2D eigenvalue weighted by Gasteiger charge is 2.24. The lowest BCUT2D eigenvalue weighted by Gasteiger charge is -2.21. The molecule has 1 fully saturated rings. The molecule has 1 heteroatoms. The zero-order valence-electron chi connectivity index (χ0n) is 10.3. The van der Waals surface area contributed by atoms with E-state index in [1.54, 1.807) is 0 Å². The first kappa shape index (κ1) is 10.8. The van der Waals surface area contributed by atoms with Crippen LogP contribution in [0.25, 0.3) is 5.57 Å². The van der Waals surface area contributed by atoms with Crippen LogP contribution in [-0.4, -0.2) is 5.78 Å². The standard InChI is InChI=1S/C16H18O/c1-11-6-7-12-10-13(8-9-14(11)12)15-4-2-3-5-16(15)17/h6,8-10,15H,2-5,7H2,1H3. The van der Waals surface area contributed by atoms with E-state index in [2.05, 4.69) is 31.2 Å². The predicted molar refractivity (Wildman–Crippen MR) is 70.0 cm³/mol. The van der Waals surface area contributed by atoms with Gasteiger partial charge < -0.3 is 0 Å². The van der Waals surface area contributed by atoms with Crippen molar-refractivity contribution >= 4 is 11.4 Å². The Balaban J connectivity index is 1.93. The van der Waals surface area contributed by atoms with Crippen molar-refractivity contribution in [1.29, 1.82) is 0 Å². The second kappa shape index (κ2) is 4.14. The largest absolute Gasteiger partial charge is 0.299 e. The fraction of sp³-hybridized carbons (Fsp3) is 0.438. The summed E-state index contributed by atoms with van der Waals surface area (Å²) in [4.78, 5) is 11.9. The van der Waals surface area contributed by atoms with Crippen molar-refractivity contribution in [2.24, 2.45) is 0 Å². The molecule has 17 heavy (non-hydrogen) atoms. The monoisotopic (exact) mass is 226 g/mol. The molecule has 0 aliphatic heterocycles. The van der Waals surface area contributed by atoms with E-state index in [0.717, 1.165) is 25.7 Å². The molecule has 88 valence electrons. The van der Waals surface area contributed by atoms with Gasteiger partial charge in [-0.15, -0.1) is 0 Å². The molecule has 0 radical (unpaired) electrons. The van der Waals surface area contributed by atoms with Gasteiger partial charge >= 0.3 is 0 Å². The van der Waals surface area contributed by atoms with Gasteiger partial charge in [0.05, 0.1) is 0 Å². The molecular formula is C16H18O. The molecule has 2 aliphatic rings. The SMILES string of the molecule is CC1=CCc2cc(C3CCCCC3=O)ccc21. The predicted octanol–water partition coefficient (Wildman–Crippen LogP) is 3.87. The van der Waals surface area contributed by atoms with Crippen LogP contribution < -0.4 is 0 Å². The highest BCUT2D eigenvalue weighted by Crippen LogP contribution is 2.34. The Morgan fingerprint density at radius 1 is 1.24 bits per heavy atom. The maximum atomic E-state index is 11.9. The van der Waals surface area contributed by atoms with Gasteiger partial charge in [0, 0.05) is 12.3 Å². The van der Waals surface area contributed by atoms with Crippen LogP contribution in [0, 0.1) is 0 Å². The molecule has 0 amide bonds. The Hall–Kier alpha value is -1.37. The Morgan fingerprint density at radius 3 is 2.94 bits per heavy atom. The molecule has 1 atom stereocenters. The van der Waals surface area contributed by atoms with Crippen molar-refractivity contribution in [3.63, 3.8) is 0 Å². The first-order valence-corrected chi connectivity index (χ1v) is 6.58. The normalized spacial score (nSPS) is 23.5. The number of Topliss-reactive ketones (excluding diaryl/α,β-unsaturated/α-hetero) is 1. The van der Waals surface area contributed by atoms with E-state index in [1.807, 2.05) is 0 Å². The summed E-state index contributed by atoms with van der Waals surface area (Å²) in [7, 11) is 0. The van der Waals surface area contributed by atoms with Crippen LogP contribution in [-0.2, 0) is 11.2 Å². The summed E-state index contributed by atoms with van der Waals surface area (Å²) in [6.07, 6.45) is 7.42. The first-order chi connectivity index (χ1) is 8.25. The Labute approximate surface area is 103 Å². The minimum atomic E-state index is 0.176. The van der Waals surface area contributed by atoms with Crippen LogP contribution in [0.15, 0.2) is 24.3 Å². The number of carbonyl (C=O) groups excluding carboxylic acids is 1. The van der Waals surface area contributed by atoms with Gasteiger partial charge in [0.2, 0.25) is 0 Å². The topological polar surface area (TPSA) is 17.1 Å². The first-order valence-electron chi connectivity index (χ1n) is 6.58. The molecule has 0 aromatic heterocycles. The number of allylic oxidation sites excluding steroid dienone is 2. The lowest BCUT2D eigenvalue weighted by molar-refractivity contribution is -0.121. The van der Waals surface area contributed by atoms with E-state index in [-0.39, 0.29) is 5.92 Å². The van der Waals surface area contributed by atoms with Gasteiger partial charge in [-0.25, -0.2) is 0 Å². The highest BCUT2D eigenvalue weighted by atomic mass is 16.1. The van der Waals surface area contributed by atoms with E-state index >= 15 is 0 Å². The van der Waals surface area contributed by atoms with E-state index in [4.69, 9.17) is 0 Å². The van der Waals surface area contributed by atoms with Gasteiger partial charge in [0.25, 0.3) is 0 Å². The zero-order valence-corrected chi connectivity index (χ0v) is 10.3. The van der Waals surface area contributed by atoms with Crippen LogP contribution in [0.1, 0.15) is 55.2 Å². The molecule has 3 rings (SSSR count). The molecule has 1 aromatic rings. The zero-order chi connectivity index (χ0) is 11.8. The second-order valence-corrected chi connectivity index (χ2v) is 5.27. The molecule has 1 nitrogen and oxygen atoms in total. The molecule has 0 spiro atoms. The van der Waals surface area contributed by atoms with Crippen molar-refractivity contribution in [1.82, 2.24) is 0 Å². The molecule has 1 aromatic carbocycles. The number of fused-ring (bicyclic) bond motifs is 1. The van der Waals surface area contributed by atoms with Crippen LogP contribution in [0.5, 0.6) is 0 Å². The van der Waals surface area contributed by atoms with Crippen molar-refractivity contribution < 1.29 is 4.79 Å². The van der Waals surface area contributed by atoms with Crippen molar-refractivity contribution in [3.8, 4) is 0 Å². The lowest BCUT2D eigenvalue weighted by atomic mass is 9.82. The van der Waals surface area contributed by atoms with Crippen molar-refractivity contribution in [2.75, 3.05) is 0 Å². The maximum absolute atomic E-state index is 11.9. The van der Waals surface area contributed by atoms with Gasteiger partial charge in [0.1, 0.15) is 5.78 Å². The van der Waals surface area contributed by atoms with E-state index in [9.17, 15) is 4.79 Å². The van der Waals surface area contributed by atoms with Gasteiger partial charge in [-0.3, -0.25) is 4.79 Å². The van der Waals surface area contributed by atoms with E-state index < -0.39 is 0 Å². The average Bonchev–Trinajstić information content (AvgIpc) is 2.71. The number of hydrogen-bond acceptors (Lipinski definition) is 1. The number of carbonyl (C=O) groups is 1. The fourth-order valence-corrected chi connectivity index (χ4v) is 3.09. The van der Waals surface area contributed by atoms with Crippen LogP contribution >= 0.6 is 0 Å². The smallest absolute Gasteiger partial charge is 0.140 e. The molecule has 0 bridgehead atoms. The van der Waals surface area contributed by atoms with Crippen LogP contribution in [0.4, 0.5) is 0 Å². The lowest BCUT2D eigenvalue weighted by Crippen LogP contribution is -2.17. The summed E-state index contributed by atoms with van der Waals surface area (Å²) in [6, 6.07) is 6.62. The molecule has 1 unspecified atom stereocenters. The highest BCUT2D eigenvalue weighted by molar-refractivity contribution is 5.86. The van der Waals surface area contributed by atoms with Gasteiger partial charge in [-0.05, 0) is 48.4 Å². The second-order valence-electron chi connectivity index (χ2n) is 5.27. The van der Waals surface area contributed by atoms with E-state index in [0.29, 0.717) is 5.78 Å². The van der Waals surface area contributed by atoms with Crippen molar-refractivity contribution in [3.05, 3.63) is 41.0 Å². The number of hydrogen-bond donors (Lipinski definition) is 0. The molecule has 1 saturated carbocycles. The molecular weight excluding hydrogens is 208 g/mol. The molecule has 0 N–H and O–H groups in total. The van der Waals surface area contributed by atoms with E-state index in [1.165, 1.54) is 28.7 Å². The quantitative estimate of drug-likeness (QED) is 0.710. The summed E-state index contributed by atoms with van der Waals surface area (Å²) < 4.78 is 0. The Morgan fingerprint density at radius 2 is 2.12 bits per heavy atom. The minimum Gasteiger partial charge on any atom is -0.299 e. The van der Waals surface area contributed by atoms with Crippen molar-refractivity contribution in [2.45, 2.75) is 44.9 Å². The number of benzene rings is 1. The summed E-state index contributed by atoms with van der Waals surface area (Å²) >= 11 is 0. The third kappa shape index (κ3) is 1.84. The summed E-state index contributed by atoms with van der Waals surface area (Å²) in [5, 5.41) is 0. The number of rotatable bonds is 1. The fourth-order valence-electron chi connectivity index (χ4n) is 3.09. The van der Waals surface area contributed by atoms with Gasteiger partial charge in [0.15, 0.2) is 0 Å². The van der Waals surface area contributed by atoms with Gasteiger partial charge in [-0.2, -0.15) is 0 Å². The molecule has 0 saturated heterocycles.